The molecule has 0 fully saturated rings. The van der Waals surface area contributed by atoms with Crippen LogP contribution in [0.5, 0.6) is 0 Å². The van der Waals surface area contributed by atoms with E-state index in [1.54, 1.807) is 0 Å². The summed E-state index contributed by atoms with van der Waals surface area (Å²) in [5, 5.41) is 0. The van der Waals surface area contributed by atoms with Crippen molar-refractivity contribution in [2.24, 2.45) is 0 Å². The zero-order valence-corrected chi connectivity index (χ0v) is 33.3. The molecule has 280 valence electrons. The maximum Gasteiger partial charge on any atom is 0.164 e. The van der Waals surface area contributed by atoms with Crippen molar-refractivity contribution in [3.05, 3.63) is 235 Å². The maximum atomic E-state index is 5.08. The van der Waals surface area contributed by atoms with Crippen LogP contribution < -0.4 is 0 Å². The molecule has 2 aliphatic rings. The van der Waals surface area contributed by atoms with Crippen LogP contribution in [0.2, 0.25) is 0 Å². The number of thiophene rings is 1. The normalized spacial score (nSPS) is 12.8. The molecule has 0 saturated carbocycles. The van der Waals surface area contributed by atoms with Gasteiger partial charge in [-0.15, -0.1) is 11.3 Å². The van der Waals surface area contributed by atoms with Gasteiger partial charge in [-0.25, -0.2) is 15.0 Å². The smallest absolute Gasteiger partial charge is 0.164 e. The van der Waals surface area contributed by atoms with E-state index in [-0.39, 0.29) is 0 Å². The SMILES string of the molecule is c1ccc(-c2nc(-c3ccccc3)nc(-c3cccc(-c4ccc5c(c4)C4(c6ccccc6-c6ccccc64)c4c(-c6ccccc6)sc(-c6ccccc6)c4-5)c3)n2)cc1. The molecule has 2 aromatic heterocycles. The molecule has 2 heterocycles. The number of hydrogen-bond acceptors (Lipinski definition) is 4. The van der Waals surface area contributed by atoms with Crippen LogP contribution in [0.3, 0.4) is 0 Å². The van der Waals surface area contributed by atoms with Gasteiger partial charge in [0.05, 0.1) is 5.41 Å². The Morgan fingerprint density at radius 1 is 0.300 bits per heavy atom. The summed E-state index contributed by atoms with van der Waals surface area (Å²) in [7, 11) is 0. The molecule has 10 aromatic rings. The molecular weight excluding hydrogens is 747 g/mol. The first kappa shape index (κ1) is 34.5. The summed E-state index contributed by atoms with van der Waals surface area (Å²) < 4.78 is 0. The molecule has 0 radical (unpaired) electrons. The predicted molar refractivity (Wildman–Crippen MR) is 247 cm³/mol. The fourth-order valence-corrected chi connectivity index (χ4v) is 11.0. The van der Waals surface area contributed by atoms with Gasteiger partial charge in [0, 0.05) is 32.0 Å². The van der Waals surface area contributed by atoms with Crippen LogP contribution in [0.1, 0.15) is 22.3 Å². The highest BCUT2D eigenvalue weighted by molar-refractivity contribution is 7.19. The van der Waals surface area contributed by atoms with E-state index in [0.717, 1.165) is 27.8 Å². The average Bonchev–Trinajstić information content (AvgIpc) is 3.97. The zero-order valence-electron chi connectivity index (χ0n) is 32.5. The molecule has 0 unspecified atom stereocenters. The molecule has 3 nitrogen and oxygen atoms in total. The number of hydrogen-bond donors (Lipinski definition) is 0. The van der Waals surface area contributed by atoms with Gasteiger partial charge in [-0.05, 0) is 73.3 Å². The first-order valence-electron chi connectivity index (χ1n) is 20.4. The number of rotatable bonds is 6. The minimum Gasteiger partial charge on any atom is -0.208 e. The number of benzene rings is 8. The first-order chi connectivity index (χ1) is 29.8. The lowest BCUT2D eigenvalue weighted by Crippen LogP contribution is -2.26. The van der Waals surface area contributed by atoms with E-state index in [1.807, 2.05) is 47.7 Å². The average molecular weight is 782 g/mol. The van der Waals surface area contributed by atoms with Crippen LogP contribution in [0.15, 0.2) is 212 Å². The molecule has 0 atom stereocenters. The van der Waals surface area contributed by atoms with Gasteiger partial charge in [0.25, 0.3) is 0 Å². The van der Waals surface area contributed by atoms with E-state index in [4.69, 9.17) is 15.0 Å². The van der Waals surface area contributed by atoms with Crippen LogP contribution in [-0.2, 0) is 5.41 Å². The quantitative estimate of drug-likeness (QED) is 0.169. The fourth-order valence-electron chi connectivity index (χ4n) is 9.59. The van der Waals surface area contributed by atoms with Crippen molar-refractivity contribution in [2.45, 2.75) is 5.41 Å². The monoisotopic (exact) mass is 781 g/mol. The molecule has 2 aliphatic carbocycles. The highest BCUT2D eigenvalue weighted by Crippen LogP contribution is 2.68. The van der Waals surface area contributed by atoms with E-state index < -0.39 is 5.41 Å². The molecular formula is C56H35N3S. The third kappa shape index (κ3) is 5.24. The molecule has 0 amide bonds. The minimum absolute atomic E-state index is 0.524. The van der Waals surface area contributed by atoms with E-state index in [1.165, 1.54) is 65.4 Å². The Hall–Kier alpha value is -7.53. The highest BCUT2D eigenvalue weighted by Gasteiger charge is 2.54. The summed E-state index contributed by atoms with van der Waals surface area (Å²) in [6.45, 7) is 0. The van der Waals surface area contributed by atoms with Gasteiger partial charge in [-0.1, -0.05) is 200 Å². The van der Waals surface area contributed by atoms with Crippen LogP contribution in [-0.4, -0.2) is 15.0 Å². The molecule has 4 heteroatoms. The predicted octanol–water partition coefficient (Wildman–Crippen LogP) is 14.3. The largest absolute Gasteiger partial charge is 0.208 e. The van der Waals surface area contributed by atoms with Crippen molar-refractivity contribution in [3.63, 3.8) is 0 Å². The van der Waals surface area contributed by atoms with Crippen molar-refractivity contribution >= 4 is 11.3 Å². The third-order valence-corrected chi connectivity index (χ3v) is 13.4. The molecule has 12 rings (SSSR count). The Kier molecular flexibility index (Phi) is 7.94. The lowest BCUT2D eigenvalue weighted by molar-refractivity contribution is 0.799. The van der Waals surface area contributed by atoms with Crippen LogP contribution in [0.4, 0.5) is 0 Å². The lowest BCUT2D eigenvalue weighted by atomic mass is 9.69. The Labute approximate surface area is 353 Å². The van der Waals surface area contributed by atoms with E-state index in [9.17, 15) is 0 Å². The molecule has 1 spiro atoms. The first-order valence-corrected chi connectivity index (χ1v) is 21.2. The van der Waals surface area contributed by atoms with Crippen molar-refractivity contribution in [3.8, 4) is 88.4 Å². The third-order valence-electron chi connectivity index (χ3n) is 12.2. The van der Waals surface area contributed by atoms with Gasteiger partial charge in [0.2, 0.25) is 0 Å². The molecule has 0 saturated heterocycles. The van der Waals surface area contributed by atoms with Gasteiger partial charge in [-0.2, -0.15) is 0 Å². The Bertz CT molecular complexity index is 3140. The van der Waals surface area contributed by atoms with Crippen molar-refractivity contribution < 1.29 is 0 Å². The van der Waals surface area contributed by atoms with E-state index >= 15 is 0 Å². The van der Waals surface area contributed by atoms with Gasteiger partial charge in [-0.3, -0.25) is 0 Å². The Morgan fingerprint density at radius 3 is 1.30 bits per heavy atom. The van der Waals surface area contributed by atoms with E-state index in [2.05, 4.69) is 176 Å². The highest BCUT2D eigenvalue weighted by atomic mass is 32.1. The standard InChI is InChI=1S/C56H35N3S/c1-5-18-36(19-6-1)51-49-45-33-32-41(40-26-17-27-42(34-40)55-58-53(38-22-9-3-10-23-38)57-54(59-55)39-24-11-4-12-25-39)35-48(45)56(50(49)52(60-51)37-20-7-2-8-21-37)46-30-15-13-28-43(46)44-29-14-16-31-47(44)56/h1-35H. The second-order valence-corrected chi connectivity index (χ2v) is 16.5. The summed E-state index contributed by atoms with van der Waals surface area (Å²) in [5.41, 5.74) is 17.6. The number of fused-ring (bicyclic) bond motifs is 10. The van der Waals surface area contributed by atoms with Gasteiger partial charge in [0.1, 0.15) is 0 Å². The number of nitrogens with zero attached hydrogens (tertiary/aromatic N) is 3. The van der Waals surface area contributed by atoms with Crippen molar-refractivity contribution in [1.82, 2.24) is 15.0 Å². The van der Waals surface area contributed by atoms with Crippen LogP contribution >= 0.6 is 11.3 Å². The van der Waals surface area contributed by atoms with E-state index in [0.29, 0.717) is 17.5 Å². The lowest BCUT2D eigenvalue weighted by Gasteiger charge is -2.31. The minimum atomic E-state index is -0.524. The Balaban J connectivity index is 1.10. The van der Waals surface area contributed by atoms with Crippen LogP contribution in [0.25, 0.3) is 88.4 Å². The van der Waals surface area contributed by atoms with Gasteiger partial charge >= 0.3 is 0 Å². The second kappa shape index (κ2) is 13.8. The molecule has 0 bridgehead atoms. The summed E-state index contributed by atoms with van der Waals surface area (Å²) in [6, 6.07) is 76.2. The summed E-state index contributed by atoms with van der Waals surface area (Å²) in [6.07, 6.45) is 0. The van der Waals surface area contributed by atoms with Gasteiger partial charge in [0.15, 0.2) is 17.5 Å². The van der Waals surface area contributed by atoms with Gasteiger partial charge < -0.3 is 0 Å². The van der Waals surface area contributed by atoms with Crippen LogP contribution in [0, 0.1) is 0 Å². The molecule has 0 aliphatic heterocycles. The van der Waals surface area contributed by atoms with Crippen molar-refractivity contribution in [2.75, 3.05) is 0 Å². The van der Waals surface area contributed by atoms with Crippen molar-refractivity contribution in [1.29, 1.82) is 0 Å². The fraction of sp³-hybridized carbons (Fsp3) is 0.0179. The second-order valence-electron chi connectivity index (χ2n) is 15.5. The summed E-state index contributed by atoms with van der Waals surface area (Å²) >= 11 is 1.92. The molecule has 60 heavy (non-hydrogen) atoms. The maximum absolute atomic E-state index is 5.08. The molecule has 8 aromatic carbocycles. The summed E-state index contributed by atoms with van der Waals surface area (Å²) in [4.78, 5) is 17.7. The Morgan fingerprint density at radius 2 is 0.733 bits per heavy atom. The number of aromatic nitrogens is 3. The summed E-state index contributed by atoms with van der Waals surface area (Å²) in [5.74, 6) is 1.94. The zero-order chi connectivity index (χ0) is 39.6. The topological polar surface area (TPSA) is 38.7 Å². The molecule has 0 N–H and O–H groups in total.